The number of ether oxygens (including phenoxy) is 1. The van der Waals surface area contributed by atoms with E-state index in [0.29, 0.717) is 24.8 Å². The highest BCUT2D eigenvalue weighted by atomic mass is 19.4. The normalized spacial score (nSPS) is 20.0. The van der Waals surface area contributed by atoms with Crippen LogP contribution >= 0.6 is 0 Å². The van der Waals surface area contributed by atoms with Gasteiger partial charge in [0, 0.05) is 25.3 Å². The SMILES string of the molecule is Cc1nc(N[C@@H]2CCOC2)c(C)c(N2CCn3c(nnc3C(F)(F)F)C2)n1. The Morgan fingerprint density at radius 1 is 1.15 bits per heavy atom. The summed E-state index contributed by atoms with van der Waals surface area (Å²) in [6.45, 7) is 5.81. The second-order valence-electron chi connectivity index (χ2n) is 6.78. The van der Waals surface area contributed by atoms with Gasteiger partial charge in [-0.3, -0.25) is 0 Å². The van der Waals surface area contributed by atoms with E-state index in [9.17, 15) is 13.2 Å². The van der Waals surface area contributed by atoms with Gasteiger partial charge in [-0.25, -0.2) is 9.97 Å². The first-order valence-corrected chi connectivity index (χ1v) is 8.76. The highest BCUT2D eigenvalue weighted by Crippen LogP contribution is 2.32. The molecule has 27 heavy (non-hydrogen) atoms. The summed E-state index contributed by atoms with van der Waals surface area (Å²) < 4.78 is 45.6. The summed E-state index contributed by atoms with van der Waals surface area (Å²) in [5.74, 6) is 1.36. The summed E-state index contributed by atoms with van der Waals surface area (Å²) in [7, 11) is 0. The minimum Gasteiger partial charge on any atom is -0.379 e. The summed E-state index contributed by atoms with van der Waals surface area (Å²) in [5.41, 5.74) is 0.858. The predicted molar refractivity (Wildman–Crippen MR) is 90.4 cm³/mol. The van der Waals surface area contributed by atoms with Gasteiger partial charge < -0.3 is 19.5 Å². The Hall–Kier alpha value is -2.43. The number of halogens is 3. The maximum atomic E-state index is 13.0. The van der Waals surface area contributed by atoms with E-state index in [2.05, 4.69) is 25.5 Å². The summed E-state index contributed by atoms with van der Waals surface area (Å²) in [5, 5.41) is 10.4. The Bertz CT molecular complexity index is 845. The van der Waals surface area contributed by atoms with Gasteiger partial charge in [0.15, 0.2) is 5.82 Å². The molecule has 1 saturated heterocycles. The van der Waals surface area contributed by atoms with Crippen molar-refractivity contribution in [1.82, 2.24) is 24.7 Å². The average Bonchev–Trinajstić information content (AvgIpc) is 3.26. The van der Waals surface area contributed by atoms with E-state index in [0.717, 1.165) is 29.0 Å². The molecule has 11 heteroatoms. The lowest BCUT2D eigenvalue weighted by Gasteiger charge is -2.30. The molecule has 0 radical (unpaired) electrons. The molecule has 0 saturated carbocycles. The van der Waals surface area contributed by atoms with Crippen LogP contribution in [0.4, 0.5) is 24.8 Å². The third kappa shape index (κ3) is 3.43. The van der Waals surface area contributed by atoms with Gasteiger partial charge in [-0.15, -0.1) is 10.2 Å². The number of alkyl halides is 3. The van der Waals surface area contributed by atoms with Crippen LogP contribution in [0.2, 0.25) is 0 Å². The number of aromatic nitrogens is 5. The van der Waals surface area contributed by atoms with Crippen LogP contribution < -0.4 is 10.2 Å². The fourth-order valence-electron chi connectivity index (χ4n) is 3.45. The molecule has 0 bridgehead atoms. The molecular weight excluding hydrogens is 363 g/mol. The summed E-state index contributed by atoms with van der Waals surface area (Å²) in [6.07, 6.45) is -3.60. The van der Waals surface area contributed by atoms with Crippen LogP contribution in [0.15, 0.2) is 0 Å². The number of anilines is 2. The first-order valence-electron chi connectivity index (χ1n) is 8.76. The Morgan fingerprint density at radius 2 is 1.96 bits per heavy atom. The second-order valence-corrected chi connectivity index (χ2v) is 6.78. The van der Waals surface area contributed by atoms with Crippen molar-refractivity contribution in [2.45, 2.75) is 45.6 Å². The topological polar surface area (TPSA) is 81.0 Å². The summed E-state index contributed by atoms with van der Waals surface area (Å²) in [6, 6.07) is 0.199. The Morgan fingerprint density at radius 3 is 2.67 bits per heavy atom. The van der Waals surface area contributed by atoms with Crippen molar-refractivity contribution in [3.8, 4) is 0 Å². The second kappa shape index (κ2) is 6.63. The minimum atomic E-state index is -4.50. The number of aryl methyl sites for hydroxylation is 1. The number of rotatable bonds is 3. The molecule has 1 atom stereocenters. The molecule has 0 unspecified atom stereocenters. The molecule has 2 aliphatic rings. The first kappa shape index (κ1) is 18.0. The molecule has 0 aromatic carbocycles. The maximum Gasteiger partial charge on any atom is 0.451 e. The molecular formula is C16H20F3N7O. The molecule has 1 fully saturated rings. The quantitative estimate of drug-likeness (QED) is 0.867. The standard InChI is InChI=1S/C16H20F3N7O/c1-9-13(22-11-3-6-27-8-11)20-10(2)21-14(9)25-4-5-26-12(7-25)23-24-15(26)16(17,18)19/h11H,3-8H2,1-2H3,(H,20,21,22)/t11-/m1/s1. The van der Waals surface area contributed by atoms with Crippen molar-refractivity contribution in [2.24, 2.45) is 0 Å². The molecule has 4 heterocycles. The lowest BCUT2D eigenvalue weighted by Crippen LogP contribution is -2.36. The number of hydrogen-bond acceptors (Lipinski definition) is 7. The van der Waals surface area contributed by atoms with Crippen LogP contribution in [0.1, 0.15) is 29.5 Å². The van der Waals surface area contributed by atoms with Crippen LogP contribution in [-0.4, -0.2) is 50.5 Å². The molecule has 0 spiro atoms. The molecule has 2 aromatic rings. The van der Waals surface area contributed by atoms with Crippen molar-refractivity contribution in [3.05, 3.63) is 23.0 Å². The van der Waals surface area contributed by atoms with Gasteiger partial charge in [0.25, 0.3) is 0 Å². The van der Waals surface area contributed by atoms with E-state index >= 15 is 0 Å². The van der Waals surface area contributed by atoms with Gasteiger partial charge in [0.1, 0.15) is 17.5 Å². The fraction of sp³-hybridized carbons (Fsp3) is 0.625. The van der Waals surface area contributed by atoms with E-state index in [1.54, 1.807) is 6.92 Å². The van der Waals surface area contributed by atoms with Crippen LogP contribution in [0.25, 0.3) is 0 Å². The van der Waals surface area contributed by atoms with Crippen molar-refractivity contribution in [3.63, 3.8) is 0 Å². The van der Waals surface area contributed by atoms with E-state index in [-0.39, 0.29) is 25.0 Å². The zero-order valence-electron chi connectivity index (χ0n) is 15.0. The third-order valence-corrected chi connectivity index (χ3v) is 4.81. The highest BCUT2D eigenvalue weighted by Gasteiger charge is 2.39. The van der Waals surface area contributed by atoms with Crippen LogP contribution in [-0.2, 0) is 24.0 Å². The van der Waals surface area contributed by atoms with Gasteiger partial charge in [-0.2, -0.15) is 13.2 Å². The Kier molecular flexibility index (Phi) is 4.41. The number of nitrogens with zero attached hydrogens (tertiary/aromatic N) is 6. The van der Waals surface area contributed by atoms with Gasteiger partial charge >= 0.3 is 6.18 Å². The third-order valence-electron chi connectivity index (χ3n) is 4.81. The lowest BCUT2D eigenvalue weighted by atomic mass is 10.2. The first-order chi connectivity index (χ1) is 12.8. The largest absolute Gasteiger partial charge is 0.451 e. The minimum absolute atomic E-state index is 0.152. The fourth-order valence-corrected chi connectivity index (χ4v) is 3.45. The van der Waals surface area contributed by atoms with E-state index in [4.69, 9.17) is 4.74 Å². The van der Waals surface area contributed by atoms with Crippen LogP contribution in [0, 0.1) is 13.8 Å². The van der Waals surface area contributed by atoms with E-state index in [1.807, 2.05) is 11.8 Å². The molecule has 0 aliphatic carbocycles. The monoisotopic (exact) mass is 383 g/mol. The molecule has 1 N–H and O–H groups in total. The Balaban J connectivity index is 1.60. The van der Waals surface area contributed by atoms with Gasteiger partial charge in [-0.05, 0) is 20.3 Å². The van der Waals surface area contributed by atoms with E-state index in [1.165, 1.54) is 0 Å². The van der Waals surface area contributed by atoms with Gasteiger partial charge in [0.05, 0.1) is 19.2 Å². The molecule has 0 amide bonds. The van der Waals surface area contributed by atoms with Crippen molar-refractivity contribution < 1.29 is 17.9 Å². The Labute approximate surface area is 153 Å². The molecule has 8 nitrogen and oxygen atoms in total. The highest BCUT2D eigenvalue weighted by molar-refractivity contribution is 5.59. The van der Waals surface area contributed by atoms with Crippen LogP contribution in [0.5, 0.6) is 0 Å². The smallest absolute Gasteiger partial charge is 0.379 e. The van der Waals surface area contributed by atoms with Crippen molar-refractivity contribution in [2.75, 3.05) is 30.0 Å². The molecule has 4 rings (SSSR count). The number of fused-ring (bicyclic) bond motifs is 1. The molecule has 146 valence electrons. The maximum absolute atomic E-state index is 13.0. The van der Waals surface area contributed by atoms with Crippen molar-refractivity contribution >= 4 is 11.6 Å². The molecule has 2 aliphatic heterocycles. The van der Waals surface area contributed by atoms with Gasteiger partial charge in [-0.1, -0.05) is 0 Å². The zero-order valence-corrected chi connectivity index (χ0v) is 15.0. The summed E-state index contributed by atoms with van der Waals surface area (Å²) >= 11 is 0. The zero-order chi connectivity index (χ0) is 19.2. The van der Waals surface area contributed by atoms with E-state index < -0.39 is 12.0 Å². The average molecular weight is 383 g/mol. The van der Waals surface area contributed by atoms with Gasteiger partial charge in [0.2, 0.25) is 5.82 Å². The number of hydrogen-bond donors (Lipinski definition) is 1. The summed E-state index contributed by atoms with van der Waals surface area (Å²) in [4.78, 5) is 10.9. The number of nitrogens with one attached hydrogen (secondary N) is 1. The predicted octanol–water partition coefficient (Wildman–Crippen LogP) is 1.92. The molecule has 2 aromatic heterocycles. The van der Waals surface area contributed by atoms with Crippen molar-refractivity contribution in [1.29, 1.82) is 0 Å². The lowest BCUT2D eigenvalue weighted by molar-refractivity contribution is -0.147. The van der Waals surface area contributed by atoms with Crippen LogP contribution in [0.3, 0.4) is 0 Å².